The molecule has 0 aromatic heterocycles. The van der Waals surface area contributed by atoms with Gasteiger partial charge in [-0.3, -0.25) is 4.79 Å². The molecule has 1 amide bonds. The Kier molecular flexibility index (Phi) is 4.98. The van der Waals surface area contributed by atoms with Gasteiger partial charge in [-0.2, -0.15) is 5.26 Å². The van der Waals surface area contributed by atoms with E-state index in [-0.39, 0.29) is 11.3 Å². The van der Waals surface area contributed by atoms with E-state index in [4.69, 9.17) is 0 Å². The third kappa shape index (κ3) is 4.05. The molecule has 21 heavy (non-hydrogen) atoms. The Balaban J connectivity index is 1.93. The van der Waals surface area contributed by atoms with Crippen molar-refractivity contribution in [1.82, 2.24) is 10.2 Å². The van der Waals surface area contributed by atoms with Gasteiger partial charge in [0.2, 0.25) is 5.91 Å². The Hall–Kier alpha value is -1.86. The molecule has 4 heteroatoms. The second kappa shape index (κ2) is 6.73. The van der Waals surface area contributed by atoms with Gasteiger partial charge in [0, 0.05) is 6.54 Å². The lowest BCUT2D eigenvalue weighted by Gasteiger charge is -2.38. The topological polar surface area (TPSA) is 56.1 Å². The van der Waals surface area contributed by atoms with Crippen molar-refractivity contribution in [3.63, 3.8) is 0 Å². The van der Waals surface area contributed by atoms with Crippen molar-refractivity contribution in [2.75, 3.05) is 26.7 Å². The van der Waals surface area contributed by atoms with Crippen LogP contribution in [-0.4, -0.2) is 37.5 Å². The lowest BCUT2D eigenvalue weighted by molar-refractivity contribution is -0.122. The summed E-state index contributed by atoms with van der Waals surface area (Å²) in [6, 6.07) is 11.3. The number of hydrogen-bond donors (Lipinski definition) is 1. The number of piperidine rings is 1. The maximum absolute atomic E-state index is 12.3. The first-order valence-corrected chi connectivity index (χ1v) is 7.45. The van der Waals surface area contributed by atoms with Gasteiger partial charge in [-0.1, -0.05) is 37.3 Å². The van der Waals surface area contributed by atoms with E-state index in [2.05, 4.69) is 30.3 Å². The van der Waals surface area contributed by atoms with Crippen LogP contribution in [0, 0.1) is 16.7 Å². The Morgan fingerprint density at radius 1 is 1.38 bits per heavy atom. The molecule has 1 N–H and O–H groups in total. The highest BCUT2D eigenvalue weighted by atomic mass is 16.1. The van der Waals surface area contributed by atoms with Crippen LogP contribution in [0.4, 0.5) is 0 Å². The molecule has 1 aliphatic heterocycles. The summed E-state index contributed by atoms with van der Waals surface area (Å²) in [4.78, 5) is 14.6. The molecule has 2 rings (SSSR count). The Labute approximate surface area is 126 Å². The predicted molar refractivity (Wildman–Crippen MR) is 82.6 cm³/mol. The van der Waals surface area contributed by atoms with Crippen molar-refractivity contribution in [3.05, 3.63) is 35.9 Å². The van der Waals surface area contributed by atoms with E-state index in [0.717, 1.165) is 31.5 Å². The van der Waals surface area contributed by atoms with Gasteiger partial charge in [0.1, 0.15) is 5.92 Å². The van der Waals surface area contributed by atoms with E-state index < -0.39 is 5.92 Å². The first-order chi connectivity index (χ1) is 10.0. The van der Waals surface area contributed by atoms with E-state index in [1.807, 2.05) is 30.3 Å². The molecule has 112 valence electrons. The molecular weight excluding hydrogens is 262 g/mol. The van der Waals surface area contributed by atoms with Crippen molar-refractivity contribution in [2.24, 2.45) is 5.41 Å². The highest BCUT2D eigenvalue weighted by Crippen LogP contribution is 2.29. The van der Waals surface area contributed by atoms with Crippen LogP contribution in [0.25, 0.3) is 0 Å². The fourth-order valence-corrected chi connectivity index (χ4v) is 2.67. The Bertz CT molecular complexity index is 513. The summed E-state index contributed by atoms with van der Waals surface area (Å²) in [6.07, 6.45) is 2.15. The number of benzene rings is 1. The maximum atomic E-state index is 12.3. The van der Waals surface area contributed by atoms with Gasteiger partial charge in [-0.25, -0.2) is 0 Å². The third-order valence-electron chi connectivity index (χ3n) is 4.41. The highest BCUT2D eigenvalue weighted by molar-refractivity contribution is 5.86. The SMILES string of the molecule is CN1CCC(C)(CNC(=O)C(C#N)c2ccccc2)CC1. The van der Waals surface area contributed by atoms with Gasteiger partial charge >= 0.3 is 0 Å². The van der Waals surface area contributed by atoms with Crippen molar-refractivity contribution >= 4 is 5.91 Å². The zero-order valence-electron chi connectivity index (χ0n) is 12.8. The minimum absolute atomic E-state index is 0.138. The smallest absolute Gasteiger partial charge is 0.241 e. The molecule has 1 saturated heterocycles. The second-order valence-corrected chi connectivity index (χ2v) is 6.30. The largest absolute Gasteiger partial charge is 0.354 e. The summed E-state index contributed by atoms with van der Waals surface area (Å²) in [7, 11) is 2.12. The van der Waals surface area contributed by atoms with E-state index in [1.165, 1.54) is 0 Å². The number of rotatable bonds is 4. The first kappa shape index (κ1) is 15.5. The van der Waals surface area contributed by atoms with Gasteiger partial charge in [-0.15, -0.1) is 0 Å². The van der Waals surface area contributed by atoms with E-state index in [9.17, 15) is 10.1 Å². The standard InChI is InChI=1S/C17H23N3O/c1-17(8-10-20(2)11-9-17)13-19-16(21)15(12-18)14-6-4-3-5-7-14/h3-7,15H,8-11,13H2,1-2H3,(H,19,21). The quantitative estimate of drug-likeness (QED) is 0.922. The van der Waals surface area contributed by atoms with Crippen molar-refractivity contribution < 1.29 is 4.79 Å². The van der Waals surface area contributed by atoms with Crippen LogP contribution in [0.2, 0.25) is 0 Å². The molecule has 1 atom stereocenters. The number of amides is 1. The summed E-state index contributed by atoms with van der Waals surface area (Å²) < 4.78 is 0. The fraction of sp³-hybridized carbons (Fsp3) is 0.529. The molecule has 0 radical (unpaired) electrons. The van der Waals surface area contributed by atoms with Gasteiger partial charge < -0.3 is 10.2 Å². The lowest BCUT2D eigenvalue weighted by Crippen LogP contribution is -2.44. The molecule has 1 aromatic rings. The van der Waals surface area contributed by atoms with Crippen LogP contribution in [0.3, 0.4) is 0 Å². The van der Waals surface area contributed by atoms with Gasteiger partial charge in [0.15, 0.2) is 0 Å². The average Bonchev–Trinajstić information content (AvgIpc) is 2.51. The number of nitriles is 1. The van der Waals surface area contributed by atoms with E-state index in [1.54, 1.807) is 0 Å². The fourth-order valence-electron chi connectivity index (χ4n) is 2.67. The van der Waals surface area contributed by atoms with Crippen LogP contribution in [0.15, 0.2) is 30.3 Å². The number of hydrogen-bond acceptors (Lipinski definition) is 3. The van der Waals surface area contributed by atoms with Crippen LogP contribution in [0.5, 0.6) is 0 Å². The summed E-state index contributed by atoms with van der Waals surface area (Å²) in [5.74, 6) is -0.912. The Morgan fingerprint density at radius 3 is 2.57 bits per heavy atom. The van der Waals surface area contributed by atoms with Crippen molar-refractivity contribution in [3.8, 4) is 6.07 Å². The minimum atomic E-state index is -0.721. The maximum Gasteiger partial charge on any atom is 0.241 e. The molecule has 1 aromatic carbocycles. The number of likely N-dealkylation sites (tertiary alicyclic amines) is 1. The van der Waals surface area contributed by atoms with Gasteiger partial charge in [0.05, 0.1) is 6.07 Å². The molecular formula is C17H23N3O. The van der Waals surface area contributed by atoms with Crippen LogP contribution < -0.4 is 5.32 Å². The number of carbonyl (C=O) groups is 1. The average molecular weight is 285 g/mol. The summed E-state index contributed by atoms with van der Waals surface area (Å²) in [6.45, 7) is 4.98. The molecule has 1 aliphatic rings. The minimum Gasteiger partial charge on any atom is -0.354 e. The number of carbonyl (C=O) groups excluding carboxylic acids is 1. The van der Waals surface area contributed by atoms with E-state index >= 15 is 0 Å². The summed E-state index contributed by atoms with van der Waals surface area (Å²) in [5, 5.41) is 12.2. The highest BCUT2D eigenvalue weighted by Gasteiger charge is 2.30. The molecule has 0 saturated carbocycles. The monoisotopic (exact) mass is 285 g/mol. The van der Waals surface area contributed by atoms with E-state index in [0.29, 0.717) is 6.54 Å². The summed E-state index contributed by atoms with van der Waals surface area (Å²) >= 11 is 0. The molecule has 0 bridgehead atoms. The second-order valence-electron chi connectivity index (χ2n) is 6.30. The van der Waals surface area contributed by atoms with Crippen molar-refractivity contribution in [1.29, 1.82) is 5.26 Å². The zero-order valence-corrected chi connectivity index (χ0v) is 12.8. The lowest BCUT2D eigenvalue weighted by atomic mass is 9.80. The predicted octanol–water partition coefficient (Wildman–Crippen LogP) is 2.14. The molecule has 1 fully saturated rings. The number of nitrogens with one attached hydrogen (secondary N) is 1. The molecule has 4 nitrogen and oxygen atoms in total. The number of nitrogens with zero attached hydrogens (tertiary/aromatic N) is 2. The van der Waals surface area contributed by atoms with Crippen LogP contribution in [0.1, 0.15) is 31.2 Å². The molecule has 0 spiro atoms. The summed E-state index contributed by atoms with van der Waals surface area (Å²) in [5.41, 5.74) is 0.893. The molecule has 1 unspecified atom stereocenters. The normalized spacial score (nSPS) is 19.5. The first-order valence-electron chi connectivity index (χ1n) is 7.45. The van der Waals surface area contributed by atoms with Crippen molar-refractivity contribution in [2.45, 2.75) is 25.7 Å². The van der Waals surface area contributed by atoms with Crippen LogP contribution >= 0.6 is 0 Å². The molecule has 0 aliphatic carbocycles. The zero-order chi connectivity index (χ0) is 15.3. The third-order valence-corrected chi connectivity index (χ3v) is 4.41. The Morgan fingerprint density at radius 2 is 2.00 bits per heavy atom. The van der Waals surface area contributed by atoms with Gasteiger partial charge in [0.25, 0.3) is 0 Å². The van der Waals surface area contributed by atoms with Crippen LogP contribution in [-0.2, 0) is 4.79 Å². The van der Waals surface area contributed by atoms with Gasteiger partial charge in [-0.05, 0) is 44.0 Å². The molecule has 1 heterocycles.